The van der Waals surface area contributed by atoms with E-state index in [0.717, 1.165) is 15.8 Å². The monoisotopic (exact) mass is 497 g/mol. The highest BCUT2D eigenvalue weighted by atomic mass is 79.9. The molecule has 152 valence electrons. The molecule has 11 heteroatoms. The van der Waals surface area contributed by atoms with Crippen LogP contribution in [0.4, 0.5) is 0 Å². The number of esters is 1. The number of benzene rings is 2. The van der Waals surface area contributed by atoms with Gasteiger partial charge in [-0.2, -0.15) is 4.99 Å². The predicted octanol–water partition coefficient (Wildman–Crippen LogP) is 2.42. The van der Waals surface area contributed by atoms with Crippen molar-refractivity contribution in [3.63, 3.8) is 0 Å². The Bertz CT molecular complexity index is 1260. The second-order valence-electron chi connectivity index (χ2n) is 5.96. The third kappa shape index (κ3) is 4.99. The second-order valence-corrected chi connectivity index (χ2v) is 9.45. The van der Waals surface area contributed by atoms with Gasteiger partial charge in [-0.05, 0) is 42.5 Å². The summed E-state index contributed by atoms with van der Waals surface area (Å²) in [5.41, 5.74) is 1.03. The molecule has 0 atom stereocenters. The molecule has 1 heterocycles. The van der Waals surface area contributed by atoms with Crippen LogP contribution < -0.4 is 9.94 Å². The minimum absolute atomic E-state index is 0.0443. The van der Waals surface area contributed by atoms with Crippen molar-refractivity contribution in [2.75, 3.05) is 7.11 Å². The van der Waals surface area contributed by atoms with Crippen LogP contribution >= 0.6 is 27.3 Å². The van der Waals surface area contributed by atoms with Crippen molar-refractivity contribution in [3.05, 3.63) is 57.3 Å². The summed E-state index contributed by atoms with van der Waals surface area (Å²) >= 11 is 4.45. The number of halogens is 1. The molecule has 0 bridgehead atoms. The molecule has 8 nitrogen and oxygen atoms in total. The summed E-state index contributed by atoms with van der Waals surface area (Å²) in [6.07, 6.45) is 0.0684. The maximum Gasteiger partial charge on any atom is 0.307 e. The first-order valence-electron chi connectivity index (χ1n) is 8.26. The van der Waals surface area contributed by atoms with Gasteiger partial charge in [0.05, 0.1) is 28.6 Å². The van der Waals surface area contributed by atoms with Gasteiger partial charge in [0.2, 0.25) is 10.0 Å². The number of methoxy groups -OCH3 is 1. The van der Waals surface area contributed by atoms with Gasteiger partial charge in [-0.15, -0.1) is 0 Å². The van der Waals surface area contributed by atoms with Crippen molar-refractivity contribution >= 4 is 59.4 Å². The van der Waals surface area contributed by atoms with E-state index in [4.69, 9.17) is 5.14 Å². The van der Waals surface area contributed by atoms with Gasteiger partial charge < -0.3 is 9.30 Å². The van der Waals surface area contributed by atoms with E-state index in [9.17, 15) is 18.0 Å². The van der Waals surface area contributed by atoms with Crippen molar-refractivity contribution < 1.29 is 22.7 Å². The van der Waals surface area contributed by atoms with Gasteiger partial charge >= 0.3 is 5.97 Å². The quantitative estimate of drug-likeness (QED) is 0.542. The lowest BCUT2D eigenvalue weighted by Gasteiger charge is -2.05. The summed E-state index contributed by atoms with van der Waals surface area (Å²) in [6, 6.07) is 11.1. The van der Waals surface area contributed by atoms with Crippen LogP contribution in [0.15, 0.2) is 56.8 Å². The van der Waals surface area contributed by atoms with Crippen LogP contribution in [0.1, 0.15) is 16.8 Å². The average molecular weight is 498 g/mol. The summed E-state index contributed by atoms with van der Waals surface area (Å²) in [5.74, 6) is -0.870. The van der Waals surface area contributed by atoms with Gasteiger partial charge in [-0.1, -0.05) is 27.3 Å². The van der Waals surface area contributed by atoms with Crippen LogP contribution in [0.5, 0.6) is 0 Å². The van der Waals surface area contributed by atoms with Crippen LogP contribution in [-0.2, 0) is 26.1 Å². The van der Waals surface area contributed by atoms with E-state index in [1.165, 1.54) is 19.2 Å². The number of hydrogen-bond donors (Lipinski definition) is 1. The number of aromatic nitrogens is 1. The van der Waals surface area contributed by atoms with Gasteiger partial charge in [0.1, 0.15) is 0 Å². The molecule has 0 radical (unpaired) electrons. The number of nitrogens with two attached hydrogens (primary N) is 1. The molecule has 2 aromatic carbocycles. The lowest BCUT2D eigenvalue weighted by atomic mass is 10.2. The Hall–Kier alpha value is -2.34. The van der Waals surface area contributed by atoms with Gasteiger partial charge in [0, 0.05) is 16.6 Å². The number of fused-ring (bicyclic) bond motifs is 1. The minimum atomic E-state index is -3.88. The van der Waals surface area contributed by atoms with Gasteiger partial charge in [0.15, 0.2) is 4.80 Å². The second kappa shape index (κ2) is 8.57. The molecular weight excluding hydrogens is 482 g/mol. The number of rotatable bonds is 5. The first-order chi connectivity index (χ1) is 13.7. The number of carbonyl (C=O) groups is 2. The summed E-state index contributed by atoms with van der Waals surface area (Å²) in [6.45, 7) is 0.216. The third-order valence-corrected chi connectivity index (χ3v) is 6.52. The Morgan fingerprint density at radius 3 is 2.52 bits per heavy atom. The number of carbonyl (C=O) groups excluding carboxylic acids is 2. The van der Waals surface area contributed by atoms with Crippen LogP contribution in [-0.4, -0.2) is 32.0 Å². The SMILES string of the molecule is COC(=O)CCn1c(=NC(=O)c2ccc(Br)cc2)sc2cc(S(N)(=O)=O)ccc21. The highest BCUT2D eigenvalue weighted by Gasteiger charge is 2.14. The molecule has 0 spiro atoms. The number of amides is 1. The number of ether oxygens (including phenoxy) is 1. The average Bonchev–Trinajstić information content (AvgIpc) is 3.02. The molecule has 0 saturated carbocycles. The highest BCUT2D eigenvalue weighted by molar-refractivity contribution is 9.10. The first-order valence-corrected chi connectivity index (χ1v) is 11.4. The smallest absolute Gasteiger partial charge is 0.307 e. The molecule has 3 aromatic rings. The Morgan fingerprint density at radius 2 is 1.90 bits per heavy atom. The van der Waals surface area contributed by atoms with E-state index in [2.05, 4.69) is 25.7 Å². The molecule has 2 N–H and O–H groups in total. The number of aryl methyl sites for hydroxylation is 1. The zero-order valence-electron chi connectivity index (χ0n) is 15.2. The third-order valence-electron chi connectivity index (χ3n) is 4.04. The van der Waals surface area contributed by atoms with Crippen molar-refractivity contribution in [1.82, 2.24) is 4.57 Å². The summed E-state index contributed by atoms with van der Waals surface area (Å²) < 4.78 is 31.1. The predicted molar refractivity (Wildman–Crippen MR) is 112 cm³/mol. The number of nitrogens with zero attached hydrogens (tertiary/aromatic N) is 2. The molecule has 0 aliphatic rings. The van der Waals surface area contributed by atoms with Crippen LogP contribution in [0.25, 0.3) is 10.2 Å². The Balaban J connectivity index is 2.13. The zero-order chi connectivity index (χ0) is 21.2. The molecule has 0 fully saturated rings. The maximum atomic E-state index is 12.6. The molecule has 0 saturated heterocycles. The summed E-state index contributed by atoms with van der Waals surface area (Å²) in [4.78, 5) is 28.6. The largest absolute Gasteiger partial charge is 0.469 e. The van der Waals surface area contributed by atoms with Crippen molar-refractivity contribution in [3.8, 4) is 0 Å². The maximum absolute atomic E-state index is 12.6. The van der Waals surface area contributed by atoms with E-state index in [1.807, 2.05) is 0 Å². The van der Waals surface area contributed by atoms with Crippen molar-refractivity contribution in [1.29, 1.82) is 0 Å². The Morgan fingerprint density at radius 1 is 1.21 bits per heavy atom. The van der Waals surface area contributed by atoms with E-state index in [1.54, 1.807) is 34.9 Å². The van der Waals surface area contributed by atoms with Crippen molar-refractivity contribution in [2.24, 2.45) is 10.1 Å². The van der Waals surface area contributed by atoms with E-state index in [0.29, 0.717) is 20.6 Å². The van der Waals surface area contributed by atoms with Crippen LogP contribution in [0.2, 0.25) is 0 Å². The molecule has 3 rings (SSSR count). The molecule has 0 aliphatic carbocycles. The Kier molecular flexibility index (Phi) is 6.32. The molecule has 1 aromatic heterocycles. The zero-order valence-corrected chi connectivity index (χ0v) is 18.4. The molecule has 0 unspecified atom stereocenters. The lowest BCUT2D eigenvalue weighted by molar-refractivity contribution is -0.140. The molecule has 0 aliphatic heterocycles. The van der Waals surface area contributed by atoms with E-state index in [-0.39, 0.29) is 17.9 Å². The van der Waals surface area contributed by atoms with Crippen LogP contribution in [0.3, 0.4) is 0 Å². The molecule has 29 heavy (non-hydrogen) atoms. The fraction of sp³-hybridized carbons (Fsp3) is 0.167. The number of thiazole rings is 1. The lowest BCUT2D eigenvalue weighted by Crippen LogP contribution is -2.19. The normalized spacial score (nSPS) is 12.3. The number of primary sulfonamides is 1. The first kappa shape index (κ1) is 21.4. The van der Waals surface area contributed by atoms with Crippen molar-refractivity contribution in [2.45, 2.75) is 17.9 Å². The Labute approximate surface area is 178 Å². The fourth-order valence-electron chi connectivity index (χ4n) is 2.58. The van der Waals surface area contributed by atoms with Gasteiger partial charge in [0.25, 0.3) is 5.91 Å². The highest BCUT2D eigenvalue weighted by Crippen LogP contribution is 2.22. The van der Waals surface area contributed by atoms with Crippen LogP contribution in [0, 0.1) is 0 Å². The molecular formula is C18H16BrN3O5S2. The van der Waals surface area contributed by atoms with Gasteiger partial charge in [-0.3, -0.25) is 9.59 Å². The van der Waals surface area contributed by atoms with E-state index >= 15 is 0 Å². The standard InChI is InChI=1S/C18H16BrN3O5S2/c1-27-16(23)8-9-22-14-7-6-13(29(20,25)26)10-15(14)28-18(22)21-17(24)11-2-4-12(19)5-3-11/h2-7,10H,8-9H2,1H3,(H2,20,25,26). The summed E-state index contributed by atoms with van der Waals surface area (Å²) in [5, 5.41) is 5.21. The van der Waals surface area contributed by atoms with Gasteiger partial charge in [-0.25, -0.2) is 13.6 Å². The minimum Gasteiger partial charge on any atom is -0.469 e. The summed E-state index contributed by atoms with van der Waals surface area (Å²) in [7, 11) is -2.59. The topological polar surface area (TPSA) is 121 Å². The number of sulfonamides is 1. The molecule has 1 amide bonds. The fourth-order valence-corrected chi connectivity index (χ4v) is 4.55. The van der Waals surface area contributed by atoms with E-state index < -0.39 is 21.9 Å². The number of hydrogen-bond acceptors (Lipinski definition) is 6.